The lowest BCUT2D eigenvalue weighted by molar-refractivity contribution is -0.120. The number of amides is 1. The zero-order chi connectivity index (χ0) is 18.4. The van der Waals surface area contributed by atoms with Crippen LogP contribution in [0.5, 0.6) is 17.2 Å². The number of methoxy groups -OCH3 is 1. The van der Waals surface area contributed by atoms with Crippen LogP contribution in [0.25, 0.3) is 0 Å². The number of ether oxygens (including phenoxy) is 2. The molecule has 134 valence electrons. The molecule has 0 radical (unpaired) electrons. The maximum Gasteiger partial charge on any atom is 0.244 e. The summed E-state index contributed by atoms with van der Waals surface area (Å²) in [5.74, 6) is -0.0208. The molecule has 1 unspecified atom stereocenters. The van der Waals surface area contributed by atoms with Gasteiger partial charge >= 0.3 is 0 Å². The minimum atomic E-state index is -1.00. The monoisotopic (exact) mass is 346 g/mol. The number of hydrogen-bond acceptors (Lipinski definition) is 4. The molecule has 3 N–H and O–H groups in total. The number of nitrogens with two attached hydrogens (primary N) is 1. The highest BCUT2D eigenvalue weighted by Gasteiger charge is 2.27. The fraction of sp³-hybridized carbons (Fsp3) is 0.316. The van der Waals surface area contributed by atoms with Crippen LogP contribution in [0.1, 0.15) is 26.7 Å². The minimum Gasteiger partial charge on any atom is -0.493 e. The Bertz CT molecular complexity index is 747. The molecular formula is C19H23FN2O3. The number of carbonyl (C=O) groups excluding carboxylic acids is 1. The van der Waals surface area contributed by atoms with Gasteiger partial charge < -0.3 is 20.5 Å². The fourth-order valence-corrected chi connectivity index (χ4v) is 2.39. The van der Waals surface area contributed by atoms with Gasteiger partial charge in [-0.25, -0.2) is 4.39 Å². The van der Waals surface area contributed by atoms with E-state index < -0.39 is 11.4 Å². The summed E-state index contributed by atoms with van der Waals surface area (Å²) in [6.07, 6.45) is 1.32. The van der Waals surface area contributed by atoms with Crippen molar-refractivity contribution < 1.29 is 18.7 Å². The summed E-state index contributed by atoms with van der Waals surface area (Å²) in [5, 5.41) is 2.64. The summed E-state index contributed by atoms with van der Waals surface area (Å²) in [5.41, 5.74) is 5.30. The highest BCUT2D eigenvalue weighted by molar-refractivity contribution is 5.97. The van der Waals surface area contributed by atoms with E-state index in [1.807, 2.05) is 6.92 Å². The molecule has 0 saturated heterocycles. The highest BCUT2D eigenvalue weighted by Crippen LogP contribution is 2.33. The van der Waals surface area contributed by atoms with E-state index in [-0.39, 0.29) is 11.7 Å². The van der Waals surface area contributed by atoms with Crippen molar-refractivity contribution in [3.05, 3.63) is 48.3 Å². The molecule has 0 heterocycles. The van der Waals surface area contributed by atoms with Crippen molar-refractivity contribution >= 4 is 11.6 Å². The second-order valence-electron chi connectivity index (χ2n) is 6.02. The SMILES string of the molecule is CCCC(C)(N)C(=O)Nc1ccc(Oc2ccccc2OC)c(F)c1. The van der Waals surface area contributed by atoms with Crippen LogP contribution in [0.3, 0.4) is 0 Å². The number of rotatable bonds is 7. The van der Waals surface area contributed by atoms with E-state index in [1.54, 1.807) is 37.3 Å². The quantitative estimate of drug-likeness (QED) is 0.792. The van der Waals surface area contributed by atoms with Gasteiger partial charge in [-0.3, -0.25) is 4.79 Å². The van der Waals surface area contributed by atoms with E-state index in [4.69, 9.17) is 15.2 Å². The summed E-state index contributed by atoms with van der Waals surface area (Å²) >= 11 is 0. The first kappa shape index (κ1) is 18.7. The molecule has 0 aliphatic heterocycles. The number of nitrogens with one attached hydrogen (secondary N) is 1. The van der Waals surface area contributed by atoms with Crippen molar-refractivity contribution in [3.8, 4) is 17.2 Å². The van der Waals surface area contributed by atoms with Crippen molar-refractivity contribution in [2.45, 2.75) is 32.2 Å². The average molecular weight is 346 g/mol. The molecule has 0 aliphatic rings. The third-order valence-corrected chi connectivity index (χ3v) is 3.77. The third kappa shape index (κ3) is 4.70. The summed E-state index contributed by atoms with van der Waals surface area (Å²) in [6.45, 7) is 3.60. The predicted molar refractivity (Wildman–Crippen MR) is 95.6 cm³/mol. The lowest BCUT2D eigenvalue weighted by Crippen LogP contribution is -2.48. The van der Waals surface area contributed by atoms with Gasteiger partial charge in [0.15, 0.2) is 23.1 Å². The van der Waals surface area contributed by atoms with Gasteiger partial charge in [-0.05, 0) is 37.6 Å². The molecule has 0 spiro atoms. The Morgan fingerprint density at radius 3 is 2.48 bits per heavy atom. The van der Waals surface area contributed by atoms with Crippen LogP contribution in [-0.2, 0) is 4.79 Å². The van der Waals surface area contributed by atoms with Gasteiger partial charge in [0.1, 0.15) is 0 Å². The molecule has 1 atom stereocenters. The summed E-state index contributed by atoms with van der Waals surface area (Å²) in [7, 11) is 1.51. The van der Waals surface area contributed by atoms with Gasteiger partial charge in [0.25, 0.3) is 0 Å². The molecule has 0 aliphatic carbocycles. The molecule has 6 heteroatoms. The molecule has 1 amide bonds. The summed E-state index contributed by atoms with van der Waals surface area (Å²) in [6, 6.07) is 11.2. The van der Waals surface area contributed by atoms with Crippen LogP contribution < -0.4 is 20.5 Å². The molecule has 2 aromatic rings. The maximum atomic E-state index is 14.3. The maximum absolute atomic E-state index is 14.3. The lowest BCUT2D eigenvalue weighted by Gasteiger charge is -2.23. The topological polar surface area (TPSA) is 73.6 Å². The molecule has 0 aromatic heterocycles. The van der Waals surface area contributed by atoms with Gasteiger partial charge in [0, 0.05) is 11.8 Å². The number of benzene rings is 2. The van der Waals surface area contributed by atoms with Gasteiger partial charge in [-0.15, -0.1) is 0 Å². The molecule has 25 heavy (non-hydrogen) atoms. The van der Waals surface area contributed by atoms with Crippen LogP contribution in [0, 0.1) is 5.82 Å². The second-order valence-corrected chi connectivity index (χ2v) is 6.02. The van der Waals surface area contributed by atoms with Crippen LogP contribution in [0.2, 0.25) is 0 Å². The standard InChI is InChI=1S/C19H23FN2O3/c1-4-11-19(2,21)18(23)22-13-9-10-15(14(20)12-13)25-17-8-6-5-7-16(17)24-3/h5-10,12H,4,11,21H2,1-3H3,(H,22,23). The molecular weight excluding hydrogens is 323 g/mol. The second kappa shape index (κ2) is 7.98. The van der Waals surface area contributed by atoms with E-state index in [1.165, 1.54) is 19.2 Å². The Hall–Kier alpha value is -2.60. The smallest absolute Gasteiger partial charge is 0.244 e. The zero-order valence-electron chi connectivity index (χ0n) is 14.6. The Morgan fingerprint density at radius 2 is 1.88 bits per heavy atom. The first-order valence-corrected chi connectivity index (χ1v) is 8.08. The zero-order valence-corrected chi connectivity index (χ0v) is 14.6. The average Bonchev–Trinajstić information content (AvgIpc) is 2.57. The van der Waals surface area contributed by atoms with E-state index in [9.17, 15) is 9.18 Å². The Kier molecular flexibility index (Phi) is 5.98. The van der Waals surface area contributed by atoms with E-state index in [2.05, 4.69) is 5.32 Å². The molecule has 0 bridgehead atoms. The fourth-order valence-electron chi connectivity index (χ4n) is 2.39. The van der Waals surface area contributed by atoms with Gasteiger partial charge in [-0.1, -0.05) is 25.5 Å². The molecule has 0 saturated carbocycles. The number of para-hydroxylation sites is 2. The Labute approximate surface area is 146 Å². The van der Waals surface area contributed by atoms with Crippen LogP contribution in [0.15, 0.2) is 42.5 Å². The molecule has 5 nitrogen and oxygen atoms in total. The van der Waals surface area contributed by atoms with Gasteiger partial charge in [0.2, 0.25) is 5.91 Å². The largest absolute Gasteiger partial charge is 0.493 e. The van der Waals surface area contributed by atoms with Gasteiger partial charge in [0.05, 0.1) is 12.6 Å². The van der Waals surface area contributed by atoms with Crippen LogP contribution in [0.4, 0.5) is 10.1 Å². The molecule has 2 rings (SSSR count). The van der Waals surface area contributed by atoms with Crippen molar-refractivity contribution in [2.24, 2.45) is 5.73 Å². The molecule has 2 aromatic carbocycles. The Morgan fingerprint density at radius 1 is 1.20 bits per heavy atom. The van der Waals surface area contributed by atoms with Crippen LogP contribution >= 0.6 is 0 Å². The summed E-state index contributed by atoms with van der Waals surface area (Å²) < 4.78 is 25.1. The highest BCUT2D eigenvalue weighted by atomic mass is 19.1. The minimum absolute atomic E-state index is 0.0339. The number of halogens is 1. The first-order valence-electron chi connectivity index (χ1n) is 8.08. The predicted octanol–water partition coefficient (Wildman–Crippen LogP) is 4.08. The number of hydrogen-bond donors (Lipinski definition) is 2. The van der Waals surface area contributed by atoms with E-state index in [0.717, 1.165) is 6.42 Å². The third-order valence-electron chi connectivity index (χ3n) is 3.77. The van der Waals surface area contributed by atoms with Gasteiger partial charge in [-0.2, -0.15) is 0 Å². The van der Waals surface area contributed by atoms with Crippen molar-refractivity contribution in [2.75, 3.05) is 12.4 Å². The molecule has 0 fully saturated rings. The van der Waals surface area contributed by atoms with Crippen LogP contribution in [-0.4, -0.2) is 18.6 Å². The van der Waals surface area contributed by atoms with E-state index >= 15 is 0 Å². The first-order chi connectivity index (χ1) is 11.9. The summed E-state index contributed by atoms with van der Waals surface area (Å²) in [4.78, 5) is 12.2. The number of anilines is 1. The Balaban J connectivity index is 2.14. The number of carbonyl (C=O) groups is 1. The lowest BCUT2D eigenvalue weighted by atomic mass is 9.96. The van der Waals surface area contributed by atoms with Crippen molar-refractivity contribution in [3.63, 3.8) is 0 Å². The normalized spacial score (nSPS) is 13.0. The van der Waals surface area contributed by atoms with Crippen molar-refractivity contribution in [1.82, 2.24) is 0 Å². The van der Waals surface area contributed by atoms with Crippen molar-refractivity contribution in [1.29, 1.82) is 0 Å². The van der Waals surface area contributed by atoms with E-state index in [0.29, 0.717) is 23.6 Å².